The monoisotopic (exact) mass is 370 g/mol. The second kappa shape index (κ2) is 5.63. The van der Waals surface area contributed by atoms with Gasteiger partial charge in [0.2, 0.25) is 0 Å². The number of carbonyl (C=O) groups excluding carboxylic acids is 1. The summed E-state index contributed by atoms with van der Waals surface area (Å²) in [4.78, 5) is 11.1. The lowest BCUT2D eigenvalue weighted by Gasteiger charge is -2.32. The molecule has 0 saturated carbocycles. The summed E-state index contributed by atoms with van der Waals surface area (Å²) >= 11 is 0. The van der Waals surface area contributed by atoms with Gasteiger partial charge in [0.25, 0.3) is 0 Å². The Morgan fingerprint density at radius 3 is 1.88 bits per heavy atom. The minimum absolute atomic E-state index is 0.147. The van der Waals surface area contributed by atoms with Crippen LogP contribution in [0.15, 0.2) is 18.2 Å². The molecule has 0 aliphatic heterocycles. The van der Waals surface area contributed by atoms with Crippen molar-refractivity contribution in [1.82, 2.24) is 0 Å². The number of anilines is 2. The molecule has 0 aromatic heterocycles. The summed E-state index contributed by atoms with van der Waals surface area (Å²) in [5.74, 6) is -24.9. The number of hydrogen-bond donors (Lipinski definition) is 3. The Morgan fingerprint density at radius 1 is 0.958 bits per heavy atom. The molecular weight excluding hydrogens is 363 g/mol. The molecule has 0 atom stereocenters. The Labute approximate surface area is 127 Å². The molecule has 0 heterocycles. The van der Waals surface area contributed by atoms with Crippen LogP contribution in [0.4, 0.5) is 50.9 Å². The molecule has 0 spiro atoms. The number of phenols is 1. The highest BCUT2D eigenvalue weighted by molar-refractivity contribution is 5.98. The number of nitrogens with two attached hydrogens (primary N) is 1. The van der Waals surface area contributed by atoms with Crippen LogP contribution in [-0.2, 0) is 4.79 Å². The van der Waals surface area contributed by atoms with E-state index < -0.39 is 41.3 Å². The summed E-state index contributed by atoms with van der Waals surface area (Å²) in [6.07, 6.45) is -7.04. The second-order valence-electron chi connectivity index (χ2n) is 4.45. The number of amides is 1. The molecule has 24 heavy (non-hydrogen) atoms. The van der Waals surface area contributed by atoms with Gasteiger partial charge in [0, 0.05) is 11.8 Å². The van der Waals surface area contributed by atoms with Gasteiger partial charge in [-0.25, -0.2) is 0 Å². The predicted octanol–water partition coefficient (Wildman–Crippen LogP) is 3.38. The normalized spacial score (nSPS) is 13.7. The van der Waals surface area contributed by atoms with Crippen LogP contribution in [-0.4, -0.2) is 35.0 Å². The maximum Gasteiger partial charge on any atom is 0.460 e. The minimum atomic E-state index is -7.19. The predicted molar refractivity (Wildman–Crippen MR) is 62.0 cm³/mol. The average molecular weight is 370 g/mol. The van der Waals surface area contributed by atoms with Crippen molar-refractivity contribution in [3.05, 3.63) is 18.2 Å². The average Bonchev–Trinajstić information content (AvgIpc) is 2.40. The quantitative estimate of drug-likeness (QED) is 0.432. The summed E-state index contributed by atoms with van der Waals surface area (Å²) in [6.45, 7) is 0. The Bertz CT molecular complexity index is 643. The Kier molecular flexibility index (Phi) is 4.62. The van der Waals surface area contributed by atoms with E-state index >= 15 is 0 Å². The van der Waals surface area contributed by atoms with Gasteiger partial charge < -0.3 is 16.2 Å². The van der Waals surface area contributed by atoms with Crippen molar-refractivity contribution in [3.63, 3.8) is 0 Å². The van der Waals surface area contributed by atoms with Crippen LogP contribution >= 0.6 is 0 Å². The van der Waals surface area contributed by atoms with Crippen LogP contribution in [0.5, 0.6) is 5.75 Å². The summed E-state index contributed by atoms with van der Waals surface area (Å²) in [5.41, 5.74) is 4.05. The van der Waals surface area contributed by atoms with Crippen molar-refractivity contribution in [2.24, 2.45) is 0 Å². The standard InChI is InChI=1S/C11H7F9N2O2/c12-8(13,9(14,15)10(16,17)11(18,19)20)7(24)22-5-2-1-4(21)3-6(5)23/h1-3,23H,21H2,(H,22,24). The highest BCUT2D eigenvalue weighted by Crippen LogP contribution is 2.53. The molecule has 0 bridgehead atoms. The lowest BCUT2D eigenvalue weighted by atomic mass is 10.0. The van der Waals surface area contributed by atoms with Gasteiger partial charge in [-0.15, -0.1) is 0 Å². The molecule has 4 nitrogen and oxygen atoms in total. The van der Waals surface area contributed by atoms with Crippen LogP contribution in [0.3, 0.4) is 0 Å². The maximum atomic E-state index is 13.3. The van der Waals surface area contributed by atoms with Gasteiger partial charge >= 0.3 is 29.9 Å². The van der Waals surface area contributed by atoms with Crippen LogP contribution < -0.4 is 11.1 Å². The molecule has 0 aliphatic carbocycles. The summed E-state index contributed by atoms with van der Waals surface area (Å²) in [6, 6.07) is 2.21. The molecule has 0 unspecified atom stereocenters. The number of alkyl halides is 9. The van der Waals surface area contributed by atoms with E-state index in [1.54, 1.807) is 0 Å². The van der Waals surface area contributed by atoms with Crippen LogP contribution in [0.25, 0.3) is 0 Å². The number of rotatable bonds is 4. The lowest BCUT2D eigenvalue weighted by molar-refractivity contribution is -0.388. The molecule has 1 amide bonds. The van der Waals surface area contributed by atoms with E-state index in [0.717, 1.165) is 11.4 Å². The fraction of sp³-hybridized carbons (Fsp3) is 0.364. The first kappa shape index (κ1) is 19.7. The summed E-state index contributed by atoms with van der Waals surface area (Å²) in [7, 11) is 0. The lowest BCUT2D eigenvalue weighted by Crippen LogP contribution is -2.64. The Balaban J connectivity index is 3.20. The minimum Gasteiger partial charge on any atom is -0.506 e. The van der Waals surface area contributed by atoms with Crippen molar-refractivity contribution in [1.29, 1.82) is 0 Å². The van der Waals surface area contributed by atoms with Gasteiger partial charge in [-0.05, 0) is 12.1 Å². The van der Waals surface area contributed by atoms with Gasteiger partial charge in [-0.3, -0.25) is 4.79 Å². The molecule has 136 valence electrons. The third-order valence-corrected chi connectivity index (χ3v) is 2.70. The Morgan fingerprint density at radius 2 is 1.46 bits per heavy atom. The molecule has 4 N–H and O–H groups in total. The van der Waals surface area contributed by atoms with E-state index in [4.69, 9.17) is 5.73 Å². The second-order valence-corrected chi connectivity index (χ2v) is 4.45. The summed E-state index contributed by atoms with van der Waals surface area (Å²) in [5, 5.41) is 10.2. The zero-order chi connectivity index (χ0) is 19.1. The molecule has 0 saturated heterocycles. The first-order valence-electron chi connectivity index (χ1n) is 5.66. The van der Waals surface area contributed by atoms with Crippen molar-refractivity contribution < 1.29 is 49.4 Å². The van der Waals surface area contributed by atoms with Gasteiger partial charge in [0.05, 0.1) is 5.69 Å². The van der Waals surface area contributed by atoms with Crippen molar-refractivity contribution >= 4 is 17.3 Å². The highest BCUT2D eigenvalue weighted by Gasteiger charge is 2.83. The van der Waals surface area contributed by atoms with E-state index in [1.807, 2.05) is 0 Å². The number of aromatic hydroxyl groups is 1. The van der Waals surface area contributed by atoms with Crippen LogP contribution in [0.2, 0.25) is 0 Å². The number of nitrogen functional groups attached to an aromatic ring is 1. The van der Waals surface area contributed by atoms with E-state index in [0.29, 0.717) is 12.1 Å². The molecule has 1 aromatic rings. The maximum absolute atomic E-state index is 13.3. The molecule has 1 rings (SSSR count). The fourth-order valence-corrected chi connectivity index (χ4v) is 1.37. The molecule has 0 radical (unpaired) electrons. The van der Waals surface area contributed by atoms with E-state index in [1.165, 1.54) is 0 Å². The molecule has 0 fully saturated rings. The molecule has 1 aromatic carbocycles. The topological polar surface area (TPSA) is 75.3 Å². The molecular formula is C11H7F9N2O2. The van der Waals surface area contributed by atoms with E-state index in [9.17, 15) is 49.4 Å². The number of phenolic OH excluding ortho intramolecular Hbond substituents is 1. The zero-order valence-electron chi connectivity index (χ0n) is 11.1. The van der Waals surface area contributed by atoms with Gasteiger partial charge in [0.15, 0.2) is 0 Å². The van der Waals surface area contributed by atoms with Crippen molar-refractivity contribution in [2.75, 3.05) is 11.1 Å². The van der Waals surface area contributed by atoms with Crippen LogP contribution in [0, 0.1) is 0 Å². The van der Waals surface area contributed by atoms with Crippen molar-refractivity contribution in [2.45, 2.75) is 23.9 Å². The molecule has 13 heteroatoms. The zero-order valence-corrected chi connectivity index (χ0v) is 11.1. The number of nitrogens with one attached hydrogen (secondary N) is 1. The number of benzene rings is 1. The van der Waals surface area contributed by atoms with Gasteiger partial charge in [-0.2, -0.15) is 39.5 Å². The number of hydrogen-bond acceptors (Lipinski definition) is 3. The number of carbonyl (C=O) groups is 1. The SMILES string of the molecule is Nc1ccc(NC(=O)C(F)(F)C(F)(F)C(F)(F)C(F)(F)F)c(O)c1. The third kappa shape index (κ3) is 3.01. The summed E-state index contributed by atoms with van der Waals surface area (Å²) < 4.78 is 114. The van der Waals surface area contributed by atoms with Crippen LogP contribution in [0.1, 0.15) is 0 Å². The molecule has 0 aliphatic rings. The van der Waals surface area contributed by atoms with E-state index in [-0.39, 0.29) is 5.69 Å². The first-order valence-corrected chi connectivity index (χ1v) is 5.66. The first-order chi connectivity index (χ1) is 10.6. The van der Waals surface area contributed by atoms with Gasteiger partial charge in [-0.1, -0.05) is 0 Å². The van der Waals surface area contributed by atoms with Crippen molar-refractivity contribution in [3.8, 4) is 5.75 Å². The fourth-order valence-electron chi connectivity index (χ4n) is 1.37. The third-order valence-electron chi connectivity index (χ3n) is 2.70. The highest BCUT2D eigenvalue weighted by atomic mass is 19.4. The number of halogens is 9. The van der Waals surface area contributed by atoms with Gasteiger partial charge in [0.1, 0.15) is 5.75 Å². The Hall–Kier alpha value is -2.34. The smallest absolute Gasteiger partial charge is 0.460 e. The largest absolute Gasteiger partial charge is 0.506 e. The van der Waals surface area contributed by atoms with E-state index in [2.05, 4.69) is 0 Å².